The van der Waals surface area contributed by atoms with E-state index in [2.05, 4.69) is 4.98 Å². The Morgan fingerprint density at radius 2 is 1.93 bits per heavy atom. The van der Waals surface area contributed by atoms with Crippen molar-refractivity contribution in [1.29, 1.82) is 0 Å². The lowest BCUT2D eigenvalue weighted by molar-refractivity contribution is -0.145. The van der Waals surface area contributed by atoms with Gasteiger partial charge >= 0.3 is 5.97 Å². The first-order valence-electron chi connectivity index (χ1n) is 8.59. The van der Waals surface area contributed by atoms with E-state index in [9.17, 15) is 14.4 Å². The molecular formula is C20H20N2O4S. The standard InChI is InChI=1S/C20H20N2O4S/c1-12-5-4-6-18-21-15(10-19(24)22(12)18)11-26-20(25)8-7-17(23)16-9-13(2)27-14(16)3/h4-6,9-10H,7-8,11H2,1-3H3. The van der Waals surface area contributed by atoms with Gasteiger partial charge in [-0.3, -0.25) is 18.8 Å². The summed E-state index contributed by atoms with van der Waals surface area (Å²) in [5.41, 5.74) is 2.13. The van der Waals surface area contributed by atoms with E-state index in [1.54, 1.807) is 17.4 Å². The number of hydrogen-bond donors (Lipinski definition) is 0. The Labute approximate surface area is 160 Å². The predicted octanol–water partition coefficient (Wildman–Crippen LogP) is 3.39. The number of aryl methyl sites for hydroxylation is 3. The molecule has 6 nitrogen and oxygen atoms in total. The van der Waals surface area contributed by atoms with Crippen LogP contribution in [0.3, 0.4) is 0 Å². The maximum atomic E-state index is 12.2. The minimum Gasteiger partial charge on any atom is -0.459 e. The van der Waals surface area contributed by atoms with Gasteiger partial charge in [-0.05, 0) is 39.0 Å². The summed E-state index contributed by atoms with van der Waals surface area (Å²) in [6.45, 7) is 5.57. The van der Waals surface area contributed by atoms with Crippen LogP contribution in [0.5, 0.6) is 0 Å². The third-order valence-electron chi connectivity index (χ3n) is 4.21. The molecule has 7 heteroatoms. The van der Waals surface area contributed by atoms with Gasteiger partial charge in [0, 0.05) is 33.5 Å². The first-order valence-corrected chi connectivity index (χ1v) is 9.41. The quantitative estimate of drug-likeness (QED) is 0.481. The van der Waals surface area contributed by atoms with Crippen molar-refractivity contribution < 1.29 is 14.3 Å². The Bertz CT molecular complexity index is 1080. The van der Waals surface area contributed by atoms with Gasteiger partial charge < -0.3 is 4.74 Å². The third kappa shape index (κ3) is 4.31. The molecule has 0 aliphatic carbocycles. The number of carbonyl (C=O) groups excluding carboxylic acids is 2. The second-order valence-corrected chi connectivity index (χ2v) is 7.82. The van der Waals surface area contributed by atoms with Crippen LogP contribution in [0, 0.1) is 20.8 Å². The molecule has 0 N–H and O–H groups in total. The van der Waals surface area contributed by atoms with Crippen molar-refractivity contribution in [1.82, 2.24) is 9.38 Å². The molecule has 3 rings (SSSR count). The number of hydrogen-bond acceptors (Lipinski definition) is 6. The number of ether oxygens (including phenoxy) is 1. The molecule has 3 aromatic rings. The zero-order chi connectivity index (χ0) is 19.6. The monoisotopic (exact) mass is 384 g/mol. The van der Waals surface area contributed by atoms with Gasteiger partial charge in [-0.15, -0.1) is 11.3 Å². The van der Waals surface area contributed by atoms with E-state index in [-0.39, 0.29) is 30.8 Å². The Morgan fingerprint density at radius 3 is 2.63 bits per heavy atom. The molecule has 0 spiro atoms. The van der Waals surface area contributed by atoms with Gasteiger partial charge in [0.1, 0.15) is 12.3 Å². The molecule has 0 bridgehead atoms. The second kappa shape index (κ2) is 7.84. The number of carbonyl (C=O) groups is 2. The van der Waals surface area contributed by atoms with Crippen molar-refractivity contribution in [2.75, 3.05) is 0 Å². The van der Waals surface area contributed by atoms with Gasteiger partial charge in [0.2, 0.25) is 0 Å². The van der Waals surface area contributed by atoms with Crippen molar-refractivity contribution in [2.24, 2.45) is 0 Å². The molecule has 3 aromatic heterocycles. The lowest BCUT2D eigenvalue weighted by Gasteiger charge is -2.07. The number of nitrogens with zero attached hydrogens (tertiary/aromatic N) is 2. The fourth-order valence-electron chi connectivity index (χ4n) is 2.92. The number of pyridine rings is 1. The van der Waals surface area contributed by atoms with Crippen LogP contribution in [0.15, 0.2) is 35.1 Å². The van der Waals surface area contributed by atoms with E-state index < -0.39 is 5.97 Å². The topological polar surface area (TPSA) is 77.7 Å². The number of Topliss-reactive ketones (excluding diaryl/α,β-unsaturated/α-hetero) is 1. The molecule has 0 radical (unpaired) electrons. The van der Waals surface area contributed by atoms with Gasteiger partial charge in [0.15, 0.2) is 5.78 Å². The van der Waals surface area contributed by atoms with Gasteiger partial charge in [-0.25, -0.2) is 4.98 Å². The lowest BCUT2D eigenvalue weighted by atomic mass is 10.1. The van der Waals surface area contributed by atoms with Crippen LogP contribution in [0.2, 0.25) is 0 Å². The molecule has 0 atom stereocenters. The molecule has 0 fully saturated rings. The average Bonchev–Trinajstić information content (AvgIpc) is 2.96. The van der Waals surface area contributed by atoms with Gasteiger partial charge in [0.25, 0.3) is 5.56 Å². The van der Waals surface area contributed by atoms with Gasteiger partial charge in [-0.1, -0.05) is 6.07 Å². The van der Waals surface area contributed by atoms with Crippen LogP contribution < -0.4 is 5.56 Å². The molecule has 0 aromatic carbocycles. The SMILES string of the molecule is Cc1cc(C(=O)CCC(=O)OCc2cc(=O)n3c(C)cccc3n2)c(C)s1. The molecule has 0 saturated carbocycles. The minimum atomic E-state index is -0.487. The molecule has 27 heavy (non-hydrogen) atoms. The highest BCUT2D eigenvalue weighted by atomic mass is 32.1. The summed E-state index contributed by atoms with van der Waals surface area (Å²) in [7, 11) is 0. The number of esters is 1. The van der Waals surface area contributed by atoms with Crippen molar-refractivity contribution >= 4 is 28.7 Å². The fourth-order valence-corrected chi connectivity index (χ4v) is 3.86. The Morgan fingerprint density at radius 1 is 1.15 bits per heavy atom. The Kier molecular flexibility index (Phi) is 5.51. The van der Waals surface area contributed by atoms with Crippen LogP contribution in [-0.2, 0) is 16.1 Å². The molecule has 140 valence electrons. The zero-order valence-corrected chi connectivity index (χ0v) is 16.3. The van der Waals surface area contributed by atoms with Crippen molar-refractivity contribution in [3.63, 3.8) is 0 Å². The highest BCUT2D eigenvalue weighted by Gasteiger charge is 2.15. The highest BCUT2D eigenvalue weighted by molar-refractivity contribution is 7.12. The van der Waals surface area contributed by atoms with Gasteiger partial charge in [0.05, 0.1) is 12.1 Å². The van der Waals surface area contributed by atoms with Crippen LogP contribution in [0.25, 0.3) is 5.65 Å². The molecule has 0 aliphatic heterocycles. The van der Waals surface area contributed by atoms with E-state index in [1.807, 2.05) is 39.0 Å². The summed E-state index contributed by atoms with van der Waals surface area (Å²) in [4.78, 5) is 42.8. The minimum absolute atomic E-state index is 0.00115. The van der Waals surface area contributed by atoms with E-state index >= 15 is 0 Å². The first kappa shape index (κ1) is 19.0. The maximum absolute atomic E-state index is 12.2. The molecule has 0 aliphatic rings. The van der Waals surface area contributed by atoms with E-state index in [4.69, 9.17) is 4.74 Å². The lowest BCUT2D eigenvalue weighted by Crippen LogP contribution is -2.18. The summed E-state index contributed by atoms with van der Waals surface area (Å²) in [6, 6.07) is 8.57. The van der Waals surface area contributed by atoms with Crippen molar-refractivity contribution in [3.8, 4) is 0 Å². The molecule has 0 unspecified atom stereocenters. The van der Waals surface area contributed by atoms with E-state index in [0.717, 1.165) is 15.4 Å². The third-order valence-corrected chi connectivity index (χ3v) is 5.18. The van der Waals surface area contributed by atoms with Crippen molar-refractivity contribution in [2.45, 2.75) is 40.2 Å². The normalized spacial score (nSPS) is 10.9. The summed E-state index contributed by atoms with van der Waals surface area (Å²) >= 11 is 1.57. The van der Waals surface area contributed by atoms with Crippen molar-refractivity contribution in [3.05, 3.63) is 67.4 Å². The van der Waals surface area contributed by atoms with E-state index in [0.29, 0.717) is 16.9 Å². The van der Waals surface area contributed by atoms with Crippen LogP contribution in [0.1, 0.15) is 44.3 Å². The number of rotatable bonds is 6. The fraction of sp³-hybridized carbons (Fsp3) is 0.300. The van der Waals surface area contributed by atoms with Crippen LogP contribution in [0.4, 0.5) is 0 Å². The van der Waals surface area contributed by atoms with Gasteiger partial charge in [-0.2, -0.15) is 0 Å². The van der Waals surface area contributed by atoms with Crippen LogP contribution in [-0.4, -0.2) is 21.1 Å². The maximum Gasteiger partial charge on any atom is 0.306 e. The number of fused-ring (bicyclic) bond motifs is 1. The predicted molar refractivity (Wildman–Crippen MR) is 103 cm³/mol. The summed E-state index contributed by atoms with van der Waals surface area (Å²) in [6.07, 6.45) is 0.0989. The summed E-state index contributed by atoms with van der Waals surface area (Å²) in [5, 5.41) is 0. The largest absolute Gasteiger partial charge is 0.459 e. The Balaban J connectivity index is 1.59. The number of ketones is 1. The average molecular weight is 384 g/mol. The molecule has 0 saturated heterocycles. The summed E-state index contributed by atoms with van der Waals surface area (Å²) in [5.74, 6) is -0.550. The smallest absolute Gasteiger partial charge is 0.306 e. The van der Waals surface area contributed by atoms with Crippen LogP contribution >= 0.6 is 11.3 Å². The second-order valence-electron chi connectivity index (χ2n) is 6.36. The number of aromatic nitrogens is 2. The molecule has 0 amide bonds. The Hall–Kier alpha value is -2.80. The van der Waals surface area contributed by atoms with E-state index in [1.165, 1.54) is 10.5 Å². The molecular weight excluding hydrogens is 364 g/mol. The number of thiophene rings is 1. The summed E-state index contributed by atoms with van der Waals surface area (Å²) < 4.78 is 6.68. The highest BCUT2D eigenvalue weighted by Crippen LogP contribution is 2.22. The first-order chi connectivity index (χ1) is 12.8. The zero-order valence-electron chi connectivity index (χ0n) is 15.4. The molecule has 3 heterocycles.